The summed E-state index contributed by atoms with van der Waals surface area (Å²) in [6.07, 6.45) is 11.0. The fourth-order valence-corrected chi connectivity index (χ4v) is 5.96. The number of ether oxygens (including phenoxy) is 1. The van der Waals surface area contributed by atoms with Gasteiger partial charge in [-0.15, -0.1) is 0 Å². The number of hydrogen-bond donors (Lipinski definition) is 0. The van der Waals surface area contributed by atoms with Crippen molar-refractivity contribution in [1.82, 2.24) is 28.7 Å². The zero-order valence-electron chi connectivity index (χ0n) is 21.6. The van der Waals surface area contributed by atoms with Crippen molar-refractivity contribution in [2.45, 2.75) is 0 Å². The van der Waals surface area contributed by atoms with Gasteiger partial charge in [-0.1, -0.05) is 36.4 Å². The Balaban J connectivity index is 1.20. The van der Waals surface area contributed by atoms with Crippen LogP contribution in [0, 0.1) is 0 Å². The van der Waals surface area contributed by atoms with Crippen molar-refractivity contribution >= 4 is 54.9 Å². The van der Waals surface area contributed by atoms with Crippen LogP contribution >= 0.6 is 0 Å². The van der Waals surface area contributed by atoms with Crippen LogP contribution in [0.15, 0.2) is 122 Å². The third kappa shape index (κ3) is 3.26. The molecule has 7 heteroatoms. The number of nitrogens with zero attached hydrogens (tertiary/aromatic N) is 6. The first kappa shape index (κ1) is 22.0. The van der Waals surface area contributed by atoms with Crippen LogP contribution in [0.3, 0.4) is 0 Å². The van der Waals surface area contributed by atoms with Gasteiger partial charge in [-0.3, -0.25) is 13.8 Å². The molecule has 0 radical (unpaired) electrons. The summed E-state index contributed by atoms with van der Waals surface area (Å²) in [6.45, 7) is 0. The largest absolute Gasteiger partial charge is 0.457 e. The Bertz CT molecular complexity index is 2460. The third-order valence-corrected chi connectivity index (χ3v) is 7.80. The van der Waals surface area contributed by atoms with Gasteiger partial charge in [0, 0.05) is 58.7 Å². The summed E-state index contributed by atoms with van der Waals surface area (Å²) in [5.74, 6) is 1.46. The van der Waals surface area contributed by atoms with Crippen LogP contribution in [-0.2, 0) is 0 Å². The van der Waals surface area contributed by atoms with E-state index in [9.17, 15) is 0 Å². The van der Waals surface area contributed by atoms with Crippen molar-refractivity contribution in [3.63, 3.8) is 0 Å². The number of fused-ring (bicyclic) bond motifs is 12. The highest BCUT2D eigenvalue weighted by Crippen LogP contribution is 2.36. The lowest BCUT2D eigenvalue weighted by molar-refractivity contribution is 0.484. The predicted molar refractivity (Wildman–Crippen MR) is 162 cm³/mol. The molecule has 0 atom stereocenters. The summed E-state index contributed by atoms with van der Waals surface area (Å²) < 4.78 is 10.6. The molecular formula is C34H20N6O. The maximum absolute atomic E-state index is 6.45. The average molecular weight is 529 g/mol. The van der Waals surface area contributed by atoms with Crippen LogP contribution in [0.25, 0.3) is 66.0 Å². The van der Waals surface area contributed by atoms with Gasteiger partial charge < -0.3 is 4.74 Å². The van der Waals surface area contributed by atoms with Gasteiger partial charge in [0.2, 0.25) is 0 Å². The molecular weight excluding hydrogens is 508 g/mol. The topological polar surface area (TPSA) is 69.6 Å². The molecule has 0 fully saturated rings. The quantitative estimate of drug-likeness (QED) is 0.219. The monoisotopic (exact) mass is 528 g/mol. The van der Waals surface area contributed by atoms with Gasteiger partial charge in [0.1, 0.15) is 28.3 Å². The maximum Gasteiger partial charge on any atom is 0.165 e. The first-order valence-corrected chi connectivity index (χ1v) is 13.4. The van der Waals surface area contributed by atoms with E-state index in [0.29, 0.717) is 0 Å². The molecule has 4 aromatic carbocycles. The van der Waals surface area contributed by atoms with Gasteiger partial charge in [0.15, 0.2) is 5.65 Å². The molecule has 192 valence electrons. The number of rotatable bonds is 3. The van der Waals surface area contributed by atoms with Gasteiger partial charge in [-0.25, -0.2) is 15.0 Å². The summed E-state index contributed by atoms with van der Waals surface area (Å²) in [6, 6.07) is 29.3. The molecule has 0 bridgehead atoms. The summed E-state index contributed by atoms with van der Waals surface area (Å²) in [7, 11) is 0. The van der Waals surface area contributed by atoms with E-state index in [1.807, 2.05) is 53.3 Å². The van der Waals surface area contributed by atoms with Crippen molar-refractivity contribution in [2.24, 2.45) is 0 Å². The van der Waals surface area contributed by atoms with Gasteiger partial charge in [-0.2, -0.15) is 0 Å². The lowest BCUT2D eigenvalue weighted by Gasteiger charge is -2.13. The second-order valence-corrected chi connectivity index (χ2v) is 10.1. The highest BCUT2D eigenvalue weighted by Gasteiger charge is 2.14. The zero-order chi connectivity index (χ0) is 26.9. The molecule has 0 spiro atoms. The Morgan fingerprint density at radius 3 is 1.98 bits per heavy atom. The molecule has 0 saturated heterocycles. The number of benzene rings is 4. The van der Waals surface area contributed by atoms with Crippen molar-refractivity contribution in [3.8, 4) is 22.6 Å². The molecule has 5 aromatic heterocycles. The SMILES string of the molecule is c1ccc(-c2ccc3c(c2)c2ccc(Oc4ccc5c(c4)c4nccn4c4nccnc54)cc2c2nccn32)cc1. The number of imidazole rings is 2. The van der Waals surface area contributed by atoms with Crippen LogP contribution in [-0.4, -0.2) is 28.7 Å². The number of hydrogen-bond acceptors (Lipinski definition) is 5. The Labute approximate surface area is 233 Å². The Morgan fingerprint density at radius 2 is 1.15 bits per heavy atom. The van der Waals surface area contributed by atoms with Crippen LogP contribution in [0.4, 0.5) is 0 Å². The van der Waals surface area contributed by atoms with Crippen LogP contribution in [0.1, 0.15) is 0 Å². The van der Waals surface area contributed by atoms with Gasteiger partial charge in [-0.05, 0) is 65.0 Å². The normalized spacial score (nSPS) is 11.9. The molecule has 0 amide bonds. The Kier molecular flexibility index (Phi) is 4.48. The van der Waals surface area contributed by atoms with Crippen LogP contribution in [0.5, 0.6) is 11.5 Å². The highest BCUT2D eigenvalue weighted by atomic mass is 16.5. The van der Waals surface area contributed by atoms with Crippen LogP contribution < -0.4 is 4.74 Å². The minimum Gasteiger partial charge on any atom is -0.457 e. The predicted octanol–water partition coefficient (Wildman–Crippen LogP) is 7.84. The van der Waals surface area contributed by atoms with E-state index in [-0.39, 0.29) is 0 Å². The first-order valence-electron chi connectivity index (χ1n) is 13.4. The summed E-state index contributed by atoms with van der Waals surface area (Å²) in [4.78, 5) is 18.4. The van der Waals surface area contributed by atoms with Crippen LogP contribution in [0.2, 0.25) is 0 Å². The fourth-order valence-electron chi connectivity index (χ4n) is 5.96. The van der Waals surface area contributed by atoms with E-state index >= 15 is 0 Å². The van der Waals surface area contributed by atoms with E-state index in [2.05, 4.69) is 73.9 Å². The van der Waals surface area contributed by atoms with E-state index in [4.69, 9.17) is 9.72 Å². The van der Waals surface area contributed by atoms with Crippen molar-refractivity contribution in [1.29, 1.82) is 0 Å². The lowest BCUT2D eigenvalue weighted by atomic mass is 10.00. The molecule has 0 saturated carbocycles. The minimum atomic E-state index is 0.719. The molecule has 0 aliphatic heterocycles. The van der Waals surface area contributed by atoms with Gasteiger partial charge >= 0.3 is 0 Å². The number of pyridine rings is 2. The minimum absolute atomic E-state index is 0.719. The Morgan fingerprint density at radius 1 is 0.463 bits per heavy atom. The second-order valence-electron chi connectivity index (χ2n) is 10.1. The molecule has 7 nitrogen and oxygen atoms in total. The molecule has 0 N–H and O–H groups in total. The van der Waals surface area contributed by atoms with E-state index in [0.717, 1.165) is 61.0 Å². The molecule has 41 heavy (non-hydrogen) atoms. The highest BCUT2D eigenvalue weighted by molar-refractivity contribution is 6.13. The first-order chi connectivity index (χ1) is 20.3. The summed E-state index contributed by atoms with van der Waals surface area (Å²) in [5, 5.41) is 5.27. The van der Waals surface area contributed by atoms with Crippen molar-refractivity contribution in [3.05, 3.63) is 122 Å². The van der Waals surface area contributed by atoms with Gasteiger partial charge in [0.05, 0.1) is 5.52 Å². The molecule has 0 aliphatic carbocycles. The summed E-state index contributed by atoms with van der Waals surface area (Å²) >= 11 is 0. The molecule has 9 aromatic rings. The second kappa shape index (κ2) is 8.34. The standard InChI is InChI=1S/C34H20N6O/c1-2-4-21(5-3-1)22-6-11-30-27(18-22)25-9-7-23(19-28(25)32-37-14-16-39(30)32)41-24-8-10-26-29(20-24)33-38-15-17-40(33)34-31(26)35-12-13-36-34/h1-20H. The molecule has 0 aliphatic rings. The fraction of sp³-hybridized carbons (Fsp3) is 0. The summed E-state index contributed by atoms with van der Waals surface area (Å²) in [5.41, 5.74) is 6.81. The van der Waals surface area contributed by atoms with Crippen molar-refractivity contribution < 1.29 is 4.74 Å². The van der Waals surface area contributed by atoms with E-state index in [1.165, 1.54) is 16.5 Å². The molecule has 0 unspecified atom stereocenters. The number of aromatic nitrogens is 6. The van der Waals surface area contributed by atoms with Gasteiger partial charge in [0.25, 0.3) is 0 Å². The van der Waals surface area contributed by atoms with Crippen molar-refractivity contribution in [2.75, 3.05) is 0 Å². The lowest BCUT2D eigenvalue weighted by Crippen LogP contribution is -1.95. The Hall–Kier alpha value is -5.82. The average Bonchev–Trinajstić information content (AvgIpc) is 3.73. The van der Waals surface area contributed by atoms with E-state index < -0.39 is 0 Å². The molecule has 9 rings (SSSR count). The molecule has 5 heterocycles. The smallest absolute Gasteiger partial charge is 0.165 e. The third-order valence-electron chi connectivity index (χ3n) is 7.80. The zero-order valence-corrected chi connectivity index (χ0v) is 21.6. The maximum atomic E-state index is 6.45. The van der Waals surface area contributed by atoms with E-state index in [1.54, 1.807) is 18.6 Å².